The number of H-pyrrole nitrogens is 1. The number of hydrogen-bond acceptors (Lipinski definition) is 5. The van der Waals surface area contributed by atoms with E-state index in [-0.39, 0.29) is 16.9 Å². The van der Waals surface area contributed by atoms with Crippen LogP contribution in [0.3, 0.4) is 0 Å². The predicted molar refractivity (Wildman–Crippen MR) is 114 cm³/mol. The number of nitriles is 1. The molecule has 0 radical (unpaired) electrons. The molecule has 31 heavy (non-hydrogen) atoms. The van der Waals surface area contributed by atoms with Gasteiger partial charge in [0, 0.05) is 5.56 Å². The van der Waals surface area contributed by atoms with Crippen molar-refractivity contribution in [1.29, 1.82) is 5.26 Å². The van der Waals surface area contributed by atoms with Crippen molar-refractivity contribution < 1.29 is 9.90 Å². The average Bonchev–Trinajstić information content (AvgIpc) is 3.23. The zero-order chi connectivity index (χ0) is 21.5. The molecule has 0 amide bonds. The van der Waals surface area contributed by atoms with Crippen molar-refractivity contribution >= 4 is 22.6 Å². The lowest BCUT2D eigenvalue weighted by Gasteiger charge is -2.04. The third-order valence-corrected chi connectivity index (χ3v) is 5.03. The fourth-order valence-corrected chi connectivity index (χ4v) is 3.40. The van der Waals surface area contributed by atoms with Crippen LogP contribution in [0.2, 0.25) is 0 Å². The number of nitrogens with zero attached hydrogens (tertiary/aromatic N) is 4. The van der Waals surface area contributed by atoms with Gasteiger partial charge in [-0.25, -0.2) is 9.78 Å². The zero-order valence-electron chi connectivity index (χ0n) is 15.9. The van der Waals surface area contributed by atoms with Gasteiger partial charge in [-0.3, -0.25) is 9.89 Å². The number of benzene rings is 3. The number of aromatic carboxylic acids is 1. The Morgan fingerprint density at radius 2 is 1.61 bits per heavy atom. The smallest absolute Gasteiger partial charge is 0.335 e. The van der Waals surface area contributed by atoms with Crippen molar-refractivity contribution in [3.63, 3.8) is 0 Å². The summed E-state index contributed by atoms with van der Waals surface area (Å²) in [5.41, 5.74) is 3.37. The molecule has 0 aliphatic carbocycles. The van der Waals surface area contributed by atoms with E-state index >= 15 is 0 Å². The first-order chi connectivity index (χ1) is 15.0. The highest BCUT2D eigenvalue weighted by molar-refractivity contribution is 5.88. The van der Waals surface area contributed by atoms with Crippen LogP contribution in [0.5, 0.6) is 0 Å². The summed E-state index contributed by atoms with van der Waals surface area (Å²) >= 11 is 0. The lowest BCUT2D eigenvalue weighted by Crippen LogP contribution is -2.15. The third kappa shape index (κ3) is 3.10. The zero-order valence-corrected chi connectivity index (χ0v) is 15.9. The molecule has 2 N–H and O–H groups in total. The number of fused-ring (bicyclic) bond motifs is 2. The number of hydrogen-bond donors (Lipinski definition) is 2. The van der Waals surface area contributed by atoms with E-state index in [0.717, 1.165) is 11.1 Å². The van der Waals surface area contributed by atoms with E-state index in [0.29, 0.717) is 27.9 Å². The molecule has 0 spiro atoms. The van der Waals surface area contributed by atoms with Gasteiger partial charge in [-0.1, -0.05) is 30.3 Å². The van der Waals surface area contributed by atoms with Gasteiger partial charge in [-0.05, 0) is 47.5 Å². The molecule has 0 atom stereocenters. The van der Waals surface area contributed by atoms with E-state index in [4.69, 9.17) is 10.4 Å². The SMILES string of the molecule is N#Cc1ccc(-c2ccc3c(=O)n4[nH]c(-c5ccc(C(=O)O)cc5)nc4nc3c2)cc1. The molecule has 148 valence electrons. The van der Waals surface area contributed by atoms with Gasteiger partial charge in [0.25, 0.3) is 11.3 Å². The maximum atomic E-state index is 12.9. The molecule has 0 fully saturated rings. The number of aromatic nitrogens is 4. The molecular formula is C23H13N5O3. The van der Waals surface area contributed by atoms with Crippen molar-refractivity contribution in [3.8, 4) is 28.6 Å². The second kappa shape index (κ2) is 6.93. The number of aromatic amines is 1. The first kappa shape index (κ1) is 18.3. The van der Waals surface area contributed by atoms with Crippen LogP contribution in [0.15, 0.2) is 71.5 Å². The molecule has 0 aliphatic rings. The topological polar surface area (TPSA) is 124 Å². The summed E-state index contributed by atoms with van der Waals surface area (Å²) in [6.45, 7) is 0. The lowest BCUT2D eigenvalue weighted by molar-refractivity contribution is 0.0697. The summed E-state index contributed by atoms with van der Waals surface area (Å²) in [6.07, 6.45) is 0. The Labute approximate surface area is 174 Å². The minimum Gasteiger partial charge on any atom is -0.478 e. The van der Waals surface area contributed by atoms with Crippen LogP contribution in [-0.2, 0) is 0 Å². The van der Waals surface area contributed by atoms with Crippen molar-refractivity contribution in [2.24, 2.45) is 0 Å². The molecule has 0 saturated heterocycles. The Balaban J connectivity index is 1.61. The quantitative estimate of drug-likeness (QED) is 0.472. The monoisotopic (exact) mass is 407 g/mol. The van der Waals surface area contributed by atoms with Gasteiger partial charge in [-0.2, -0.15) is 14.8 Å². The fraction of sp³-hybridized carbons (Fsp3) is 0. The molecule has 0 unspecified atom stereocenters. The first-order valence-corrected chi connectivity index (χ1v) is 9.30. The Bertz CT molecular complexity index is 1570. The summed E-state index contributed by atoms with van der Waals surface area (Å²) in [7, 11) is 0. The molecule has 3 aromatic carbocycles. The van der Waals surface area contributed by atoms with Crippen molar-refractivity contribution in [1.82, 2.24) is 19.6 Å². The molecule has 2 aromatic heterocycles. The summed E-state index contributed by atoms with van der Waals surface area (Å²) in [5, 5.41) is 21.4. The van der Waals surface area contributed by atoms with Gasteiger partial charge in [0.05, 0.1) is 28.1 Å². The van der Waals surface area contributed by atoms with E-state index in [2.05, 4.69) is 21.1 Å². The Morgan fingerprint density at radius 3 is 2.29 bits per heavy atom. The fourth-order valence-electron chi connectivity index (χ4n) is 3.40. The van der Waals surface area contributed by atoms with Gasteiger partial charge >= 0.3 is 5.97 Å². The van der Waals surface area contributed by atoms with Crippen molar-refractivity contribution in [2.75, 3.05) is 0 Å². The first-order valence-electron chi connectivity index (χ1n) is 9.30. The maximum absolute atomic E-state index is 12.9. The molecule has 5 aromatic rings. The summed E-state index contributed by atoms with van der Waals surface area (Å²) in [6, 6.07) is 20.8. The number of carboxylic acids is 1. The molecule has 8 nitrogen and oxygen atoms in total. The maximum Gasteiger partial charge on any atom is 0.335 e. The van der Waals surface area contributed by atoms with Crippen LogP contribution in [0.4, 0.5) is 0 Å². The number of carboxylic acid groups (broad SMARTS) is 1. The van der Waals surface area contributed by atoms with Crippen LogP contribution >= 0.6 is 0 Å². The average molecular weight is 407 g/mol. The highest BCUT2D eigenvalue weighted by Crippen LogP contribution is 2.23. The van der Waals surface area contributed by atoms with Gasteiger partial charge < -0.3 is 5.11 Å². The molecule has 0 bridgehead atoms. The standard InChI is InChI=1S/C23H13N5O3/c24-12-13-1-3-14(4-2-13)17-9-10-18-19(11-17)25-23-26-20(27-28(23)21(18)29)15-5-7-16(8-6-15)22(30)31/h1-11H,(H,30,31)(H,25,26,27). The molecular weight excluding hydrogens is 394 g/mol. The van der Waals surface area contributed by atoms with Gasteiger partial charge in [0.15, 0.2) is 5.82 Å². The number of nitrogens with one attached hydrogen (secondary N) is 1. The third-order valence-electron chi connectivity index (χ3n) is 5.03. The second-order valence-corrected chi connectivity index (χ2v) is 6.93. The van der Waals surface area contributed by atoms with Crippen LogP contribution in [0.25, 0.3) is 39.2 Å². The number of carbonyl (C=O) groups is 1. The minimum atomic E-state index is -1.02. The van der Waals surface area contributed by atoms with Crippen LogP contribution in [-0.4, -0.2) is 30.7 Å². The Hall–Kier alpha value is -4.77. The van der Waals surface area contributed by atoms with E-state index < -0.39 is 5.97 Å². The van der Waals surface area contributed by atoms with Crippen molar-refractivity contribution in [2.45, 2.75) is 0 Å². The second-order valence-electron chi connectivity index (χ2n) is 6.93. The highest BCUT2D eigenvalue weighted by Gasteiger charge is 2.13. The highest BCUT2D eigenvalue weighted by atomic mass is 16.4. The Kier molecular flexibility index (Phi) is 4.08. The van der Waals surface area contributed by atoms with Crippen LogP contribution < -0.4 is 5.56 Å². The summed E-state index contributed by atoms with van der Waals surface area (Å²) in [4.78, 5) is 32.9. The lowest BCUT2D eigenvalue weighted by atomic mass is 10.0. The predicted octanol–water partition coefficient (Wildman–Crippen LogP) is 3.47. The van der Waals surface area contributed by atoms with E-state index in [9.17, 15) is 9.59 Å². The van der Waals surface area contributed by atoms with Gasteiger partial charge in [-0.15, -0.1) is 0 Å². The molecule has 2 heterocycles. The van der Waals surface area contributed by atoms with E-state index in [1.165, 1.54) is 16.6 Å². The molecule has 0 saturated carbocycles. The van der Waals surface area contributed by atoms with Crippen LogP contribution in [0, 0.1) is 11.3 Å². The summed E-state index contributed by atoms with van der Waals surface area (Å²) in [5.74, 6) is -0.394. The molecule has 8 heteroatoms. The largest absolute Gasteiger partial charge is 0.478 e. The van der Waals surface area contributed by atoms with Crippen LogP contribution in [0.1, 0.15) is 15.9 Å². The van der Waals surface area contributed by atoms with Gasteiger partial charge in [0.1, 0.15) is 0 Å². The molecule has 0 aliphatic heterocycles. The van der Waals surface area contributed by atoms with E-state index in [1.807, 2.05) is 24.3 Å². The minimum absolute atomic E-state index is 0.163. The summed E-state index contributed by atoms with van der Waals surface area (Å²) < 4.78 is 1.27. The normalized spacial score (nSPS) is 10.9. The Morgan fingerprint density at radius 1 is 0.935 bits per heavy atom. The molecule has 5 rings (SSSR count). The number of rotatable bonds is 3. The van der Waals surface area contributed by atoms with Gasteiger partial charge in [0.2, 0.25) is 0 Å². The van der Waals surface area contributed by atoms with Crippen molar-refractivity contribution in [3.05, 3.63) is 88.2 Å². The van der Waals surface area contributed by atoms with E-state index in [1.54, 1.807) is 30.3 Å².